The van der Waals surface area contributed by atoms with Gasteiger partial charge in [-0.1, -0.05) is 77.3 Å². The largest absolute Gasteiger partial charge is 0.361 e. The molecule has 4 aromatic rings. The first-order valence-corrected chi connectivity index (χ1v) is 20.5. The van der Waals surface area contributed by atoms with E-state index in [9.17, 15) is 9.59 Å². The predicted octanol–water partition coefficient (Wildman–Crippen LogP) is 7.75. The predicted molar refractivity (Wildman–Crippen MR) is 197 cm³/mol. The Morgan fingerprint density at radius 2 is 1.83 bits per heavy atom. The number of carbonyl (C=O) groups excluding carboxylic acids is 2. The lowest BCUT2D eigenvalue weighted by Gasteiger charge is -2.25. The second kappa shape index (κ2) is 14.4. The van der Waals surface area contributed by atoms with Crippen molar-refractivity contribution in [3.63, 3.8) is 0 Å². The number of fused-ring (bicyclic) bond motifs is 1. The summed E-state index contributed by atoms with van der Waals surface area (Å²) in [4.78, 5) is 36.6. The van der Waals surface area contributed by atoms with Crippen molar-refractivity contribution in [1.82, 2.24) is 24.8 Å². The molecule has 0 saturated carbocycles. The highest BCUT2D eigenvalue weighted by atomic mass is 28.3. The molecule has 0 spiro atoms. The Balaban J connectivity index is 1.42. The molecule has 5 rings (SSSR count). The van der Waals surface area contributed by atoms with Crippen molar-refractivity contribution in [2.24, 2.45) is 0 Å². The van der Waals surface area contributed by atoms with Gasteiger partial charge in [-0.2, -0.15) is 0 Å². The van der Waals surface area contributed by atoms with E-state index in [-0.39, 0.29) is 17.2 Å². The zero-order chi connectivity index (χ0) is 34.6. The molecule has 2 aromatic heterocycles. The van der Waals surface area contributed by atoms with E-state index in [0.29, 0.717) is 38.5 Å². The molecule has 0 aliphatic carbocycles. The van der Waals surface area contributed by atoms with Crippen molar-refractivity contribution >= 4 is 36.5 Å². The summed E-state index contributed by atoms with van der Waals surface area (Å²) < 4.78 is 8.24. The highest BCUT2D eigenvalue weighted by Gasteiger charge is 2.23. The molecule has 0 saturated heterocycles. The van der Waals surface area contributed by atoms with Crippen molar-refractivity contribution in [1.29, 1.82) is 0 Å². The van der Waals surface area contributed by atoms with Gasteiger partial charge in [0.1, 0.15) is 18.7 Å². The molecule has 0 fully saturated rings. The van der Waals surface area contributed by atoms with E-state index < -0.39 is 8.07 Å². The van der Waals surface area contributed by atoms with Crippen LogP contribution in [0.1, 0.15) is 59.8 Å². The lowest BCUT2D eigenvalue weighted by atomic mass is 9.87. The molecule has 2 aromatic carbocycles. The minimum atomic E-state index is -1.22. The van der Waals surface area contributed by atoms with Crippen LogP contribution in [0.4, 0.5) is 0 Å². The van der Waals surface area contributed by atoms with Gasteiger partial charge >= 0.3 is 0 Å². The molecular weight excluding hydrogens is 615 g/mol. The maximum absolute atomic E-state index is 13.0. The van der Waals surface area contributed by atoms with Crippen molar-refractivity contribution < 1.29 is 14.3 Å². The number of aryl methyl sites for hydroxylation is 1. The Hall–Kier alpha value is -4.34. The van der Waals surface area contributed by atoms with Gasteiger partial charge in [0.25, 0.3) is 5.91 Å². The summed E-state index contributed by atoms with van der Waals surface area (Å²) >= 11 is 0. The van der Waals surface area contributed by atoms with Gasteiger partial charge < -0.3 is 19.5 Å². The van der Waals surface area contributed by atoms with Crippen molar-refractivity contribution in [3.05, 3.63) is 102 Å². The monoisotopic (exact) mass is 663 g/mol. The molecule has 1 aliphatic heterocycles. The zero-order valence-electron chi connectivity index (χ0n) is 29.5. The fourth-order valence-electron chi connectivity index (χ4n) is 5.91. The van der Waals surface area contributed by atoms with Crippen LogP contribution in [0.3, 0.4) is 0 Å². The second-order valence-electron chi connectivity index (χ2n) is 14.9. The highest BCUT2D eigenvalue weighted by Crippen LogP contribution is 2.36. The minimum Gasteiger partial charge on any atom is -0.361 e. The van der Waals surface area contributed by atoms with Gasteiger partial charge in [0.05, 0.1) is 11.1 Å². The van der Waals surface area contributed by atoms with Crippen LogP contribution in [0.15, 0.2) is 73.7 Å². The van der Waals surface area contributed by atoms with Crippen molar-refractivity contribution in [2.75, 3.05) is 19.7 Å². The first kappa shape index (κ1) is 35.0. The SMILES string of the molecule is C=CC(=O)N1CC=C(c2cn(COCC[Si](C)(C)C)c3ncnc(-c4ccc(CNC(=O)c5ccc(C(C)(C)C)cc5)c(C)c4)c23)CC1. The maximum Gasteiger partial charge on any atom is 0.251 e. The number of carbonyl (C=O) groups is 2. The molecule has 8 nitrogen and oxygen atoms in total. The molecule has 9 heteroatoms. The molecule has 0 atom stereocenters. The maximum atomic E-state index is 13.0. The van der Waals surface area contributed by atoms with Gasteiger partial charge in [-0.05, 0) is 71.3 Å². The van der Waals surface area contributed by atoms with Crippen LogP contribution in [0.25, 0.3) is 27.9 Å². The summed E-state index contributed by atoms with van der Waals surface area (Å²) in [6, 6.07) is 15.2. The first-order valence-electron chi connectivity index (χ1n) is 16.8. The smallest absolute Gasteiger partial charge is 0.251 e. The third-order valence-electron chi connectivity index (χ3n) is 8.99. The van der Waals surface area contributed by atoms with Gasteiger partial charge in [0.2, 0.25) is 5.91 Å². The standard InChI is InChI=1S/C39H49N5O3Si/c1-9-34(45)43-18-16-28(17-19-43)33-24-44(26-47-20-21-48(6,7)8)37-35(33)36(41-25-42-37)30-10-11-31(27(2)22-30)23-40-38(46)29-12-14-32(15-13-29)39(3,4)5/h9-16,22,24-25H,1,17-21,23,26H2,2-8H3,(H,40,46). The van der Waals surface area contributed by atoms with Crippen LogP contribution in [0, 0.1) is 6.92 Å². The molecule has 252 valence electrons. The summed E-state index contributed by atoms with van der Waals surface area (Å²) in [6.07, 6.45) is 7.96. The summed E-state index contributed by atoms with van der Waals surface area (Å²) in [6.45, 7) is 21.9. The first-order chi connectivity index (χ1) is 22.7. The van der Waals surface area contributed by atoms with Gasteiger partial charge in [-0.25, -0.2) is 9.97 Å². The molecule has 2 amide bonds. The normalized spacial score (nSPS) is 13.8. The van der Waals surface area contributed by atoms with E-state index in [0.717, 1.165) is 57.0 Å². The molecule has 1 N–H and O–H groups in total. The summed E-state index contributed by atoms with van der Waals surface area (Å²) in [5.74, 6) is -0.152. The minimum absolute atomic E-state index is 0.0357. The van der Waals surface area contributed by atoms with Crippen LogP contribution >= 0.6 is 0 Å². The number of rotatable bonds is 11. The number of hydrogen-bond donors (Lipinski definition) is 1. The molecule has 0 bridgehead atoms. The average Bonchev–Trinajstić information content (AvgIpc) is 3.43. The number of aromatic nitrogens is 3. The fourth-order valence-corrected chi connectivity index (χ4v) is 6.67. The number of hydrogen-bond acceptors (Lipinski definition) is 5. The number of nitrogens with zero attached hydrogens (tertiary/aromatic N) is 4. The summed E-state index contributed by atoms with van der Waals surface area (Å²) in [5.41, 5.74) is 8.85. The van der Waals surface area contributed by atoms with Gasteiger partial charge in [0, 0.05) is 57.2 Å². The Labute approximate surface area is 285 Å². The van der Waals surface area contributed by atoms with Crippen LogP contribution < -0.4 is 5.32 Å². The molecule has 48 heavy (non-hydrogen) atoms. The Bertz CT molecular complexity index is 1840. The van der Waals surface area contributed by atoms with E-state index in [1.165, 1.54) is 11.6 Å². The number of nitrogens with one attached hydrogen (secondary N) is 1. The summed E-state index contributed by atoms with van der Waals surface area (Å²) in [7, 11) is -1.22. The van der Waals surface area contributed by atoms with E-state index in [2.05, 4.69) is 94.3 Å². The Morgan fingerprint density at radius 1 is 1.08 bits per heavy atom. The molecule has 0 radical (unpaired) electrons. The third-order valence-corrected chi connectivity index (χ3v) is 10.7. The highest BCUT2D eigenvalue weighted by molar-refractivity contribution is 6.76. The van der Waals surface area contributed by atoms with Crippen LogP contribution in [-0.4, -0.2) is 59.0 Å². The van der Waals surface area contributed by atoms with Crippen LogP contribution in [-0.2, 0) is 28.2 Å². The third kappa shape index (κ3) is 8.20. The molecule has 0 unspecified atom stereocenters. The number of benzene rings is 2. The average molecular weight is 664 g/mol. The van der Waals surface area contributed by atoms with Crippen LogP contribution in [0.5, 0.6) is 0 Å². The molecular formula is C39H49N5O3Si. The summed E-state index contributed by atoms with van der Waals surface area (Å²) in [5, 5.41) is 4.06. The zero-order valence-corrected chi connectivity index (χ0v) is 30.5. The van der Waals surface area contributed by atoms with Gasteiger partial charge in [-0.15, -0.1) is 0 Å². The van der Waals surface area contributed by atoms with Crippen molar-refractivity contribution in [3.8, 4) is 11.3 Å². The van der Waals surface area contributed by atoms with E-state index in [4.69, 9.17) is 14.7 Å². The van der Waals surface area contributed by atoms with E-state index in [1.807, 2.05) is 24.3 Å². The Morgan fingerprint density at radius 3 is 2.46 bits per heavy atom. The number of ether oxygens (including phenoxy) is 1. The Kier molecular flexibility index (Phi) is 10.5. The lowest BCUT2D eigenvalue weighted by Crippen LogP contribution is -2.33. The van der Waals surface area contributed by atoms with E-state index in [1.54, 1.807) is 11.2 Å². The number of amides is 2. The molecule has 1 aliphatic rings. The van der Waals surface area contributed by atoms with Gasteiger partial charge in [0.15, 0.2) is 0 Å². The van der Waals surface area contributed by atoms with Gasteiger partial charge in [-0.3, -0.25) is 9.59 Å². The second-order valence-corrected chi connectivity index (χ2v) is 20.5. The fraction of sp³-hybridized carbons (Fsp3) is 0.385. The van der Waals surface area contributed by atoms with Crippen LogP contribution in [0.2, 0.25) is 25.7 Å². The lowest BCUT2D eigenvalue weighted by molar-refractivity contribution is -0.125. The van der Waals surface area contributed by atoms with Crippen molar-refractivity contribution in [2.45, 2.75) is 78.5 Å². The van der Waals surface area contributed by atoms with E-state index >= 15 is 0 Å². The topological polar surface area (TPSA) is 89.3 Å². The molecule has 3 heterocycles. The quantitative estimate of drug-likeness (QED) is 0.101.